The van der Waals surface area contributed by atoms with Crippen LogP contribution in [0.25, 0.3) is 10.9 Å². The number of fused-ring (bicyclic) bond motifs is 1. The molecule has 0 atom stereocenters. The van der Waals surface area contributed by atoms with Gasteiger partial charge in [-0.1, -0.05) is 0 Å². The van der Waals surface area contributed by atoms with Crippen LogP contribution in [0.1, 0.15) is 33.6 Å². The quantitative estimate of drug-likeness (QED) is 0.792. The van der Waals surface area contributed by atoms with Gasteiger partial charge in [0.2, 0.25) is 5.28 Å². The van der Waals surface area contributed by atoms with Gasteiger partial charge in [0.05, 0.1) is 12.6 Å². The Morgan fingerprint density at radius 2 is 1.96 bits per heavy atom. The minimum absolute atomic E-state index is 0.185. The predicted molar refractivity (Wildman–Crippen MR) is 106 cm³/mol. The standard InChI is InChI=1S/C19H25ClN4O3/c1-19(2,3)27-18(25)24-9-7-12(8-10-24)21-16-14-6-5-13(26-4)11-15(14)22-17(20)23-16/h5-6,11-12H,7-10H2,1-4H3,(H,21,22,23). The van der Waals surface area contributed by atoms with Crippen LogP contribution in [0.2, 0.25) is 5.28 Å². The summed E-state index contributed by atoms with van der Waals surface area (Å²) in [5, 5.41) is 4.52. The minimum atomic E-state index is -0.482. The van der Waals surface area contributed by atoms with E-state index in [2.05, 4.69) is 15.3 Å². The number of hydrogen-bond donors (Lipinski definition) is 1. The number of nitrogens with zero attached hydrogens (tertiary/aromatic N) is 3. The number of benzene rings is 1. The second kappa shape index (κ2) is 7.76. The first-order chi connectivity index (χ1) is 12.7. The average molecular weight is 393 g/mol. The van der Waals surface area contributed by atoms with E-state index < -0.39 is 5.60 Å². The molecule has 2 heterocycles. The van der Waals surface area contributed by atoms with Crippen molar-refractivity contribution in [2.24, 2.45) is 0 Å². The van der Waals surface area contributed by atoms with Crippen molar-refractivity contribution in [2.75, 3.05) is 25.5 Å². The van der Waals surface area contributed by atoms with Gasteiger partial charge in [-0.3, -0.25) is 0 Å². The van der Waals surface area contributed by atoms with Gasteiger partial charge in [0.15, 0.2) is 0 Å². The van der Waals surface area contributed by atoms with E-state index in [4.69, 9.17) is 21.1 Å². The molecule has 146 valence electrons. The molecule has 2 aromatic rings. The highest BCUT2D eigenvalue weighted by molar-refractivity contribution is 6.28. The third-order valence-corrected chi connectivity index (χ3v) is 4.53. The van der Waals surface area contributed by atoms with Gasteiger partial charge in [-0.05, 0) is 57.3 Å². The molecule has 1 aliphatic heterocycles. The predicted octanol–water partition coefficient (Wildman–Crippen LogP) is 4.10. The highest BCUT2D eigenvalue weighted by atomic mass is 35.5. The molecule has 0 unspecified atom stereocenters. The molecule has 1 aromatic carbocycles. The van der Waals surface area contributed by atoms with E-state index >= 15 is 0 Å². The number of nitrogens with one attached hydrogen (secondary N) is 1. The highest BCUT2D eigenvalue weighted by Gasteiger charge is 2.27. The molecule has 8 heteroatoms. The van der Waals surface area contributed by atoms with Gasteiger partial charge in [0.25, 0.3) is 0 Å². The summed E-state index contributed by atoms with van der Waals surface area (Å²) in [6, 6.07) is 5.82. The molecule has 0 radical (unpaired) electrons. The van der Waals surface area contributed by atoms with Crippen LogP contribution in [0, 0.1) is 0 Å². The topological polar surface area (TPSA) is 76.6 Å². The third-order valence-electron chi connectivity index (χ3n) is 4.36. The minimum Gasteiger partial charge on any atom is -0.497 e. The first-order valence-electron chi connectivity index (χ1n) is 9.01. The number of carbonyl (C=O) groups excluding carboxylic acids is 1. The van der Waals surface area contributed by atoms with Crippen molar-refractivity contribution in [1.82, 2.24) is 14.9 Å². The number of aromatic nitrogens is 2. The van der Waals surface area contributed by atoms with Gasteiger partial charge in [-0.15, -0.1) is 0 Å². The van der Waals surface area contributed by atoms with Gasteiger partial charge in [0, 0.05) is 30.6 Å². The lowest BCUT2D eigenvalue weighted by Crippen LogP contribution is -2.44. The first kappa shape index (κ1) is 19.5. The molecule has 1 fully saturated rings. The van der Waals surface area contributed by atoms with E-state index in [0.717, 1.165) is 23.7 Å². The molecule has 3 rings (SSSR count). The first-order valence-corrected chi connectivity index (χ1v) is 9.39. The van der Waals surface area contributed by atoms with Crippen LogP contribution in [-0.2, 0) is 4.74 Å². The van der Waals surface area contributed by atoms with E-state index in [1.807, 2.05) is 39.0 Å². The number of likely N-dealkylation sites (tertiary alicyclic amines) is 1. The Morgan fingerprint density at radius 3 is 2.59 bits per heavy atom. The van der Waals surface area contributed by atoms with Crippen LogP contribution < -0.4 is 10.1 Å². The van der Waals surface area contributed by atoms with E-state index in [-0.39, 0.29) is 17.4 Å². The van der Waals surface area contributed by atoms with Gasteiger partial charge in [0.1, 0.15) is 17.2 Å². The smallest absolute Gasteiger partial charge is 0.410 e. The molecule has 1 aliphatic rings. The Morgan fingerprint density at radius 1 is 1.26 bits per heavy atom. The fraction of sp³-hybridized carbons (Fsp3) is 0.526. The Kier molecular flexibility index (Phi) is 5.60. The zero-order valence-electron chi connectivity index (χ0n) is 16.1. The number of rotatable bonds is 3. The van der Waals surface area contributed by atoms with Gasteiger partial charge in [-0.25, -0.2) is 14.8 Å². The van der Waals surface area contributed by atoms with E-state index in [1.165, 1.54) is 0 Å². The molecule has 1 saturated heterocycles. The van der Waals surface area contributed by atoms with Crippen molar-refractivity contribution < 1.29 is 14.3 Å². The summed E-state index contributed by atoms with van der Waals surface area (Å²) in [5.41, 5.74) is 0.243. The SMILES string of the molecule is COc1ccc2c(NC3CCN(C(=O)OC(C)(C)C)CC3)nc(Cl)nc2c1. The number of halogens is 1. The monoisotopic (exact) mass is 392 g/mol. The Labute approximate surface area is 164 Å². The Balaban J connectivity index is 1.68. The second-order valence-electron chi connectivity index (χ2n) is 7.61. The lowest BCUT2D eigenvalue weighted by molar-refractivity contribution is 0.0210. The molecule has 0 aliphatic carbocycles. The van der Waals surface area contributed by atoms with Crippen LogP contribution in [0.15, 0.2) is 18.2 Å². The maximum absolute atomic E-state index is 12.2. The van der Waals surface area contributed by atoms with Crippen molar-refractivity contribution in [3.05, 3.63) is 23.5 Å². The summed E-state index contributed by atoms with van der Waals surface area (Å²) < 4.78 is 10.7. The fourth-order valence-electron chi connectivity index (χ4n) is 3.04. The molecule has 7 nitrogen and oxygen atoms in total. The number of methoxy groups -OCH3 is 1. The van der Waals surface area contributed by atoms with Crippen LogP contribution in [0.4, 0.5) is 10.6 Å². The van der Waals surface area contributed by atoms with Gasteiger partial charge < -0.3 is 19.7 Å². The number of carbonyl (C=O) groups is 1. The van der Waals surface area contributed by atoms with Crippen molar-refractivity contribution in [3.8, 4) is 5.75 Å². The third kappa shape index (κ3) is 4.91. The second-order valence-corrected chi connectivity index (χ2v) is 7.95. The molecule has 0 saturated carbocycles. The lowest BCUT2D eigenvalue weighted by Gasteiger charge is -2.34. The molecule has 1 amide bonds. The van der Waals surface area contributed by atoms with E-state index in [9.17, 15) is 4.79 Å². The van der Waals surface area contributed by atoms with Crippen LogP contribution in [0.3, 0.4) is 0 Å². The van der Waals surface area contributed by atoms with Gasteiger partial charge >= 0.3 is 6.09 Å². The zero-order valence-corrected chi connectivity index (χ0v) is 16.8. The molecule has 0 spiro atoms. The summed E-state index contributed by atoms with van der Waals surface area (Å²) in [6.45, 7) is 6.89. The number of piperidine rings is 1. The van der Waals surface area contributed by atoms with Crippen LogP contribution in [0.5, 0.6) is 5.75 Å². The van der Waals surface area contributed by atoms with E-state index in [0.29, 0.717) is 24.7 Å². The number of anilines is 1. The molecule has 1 N–H and O–H groups in total. The summed E-state index contributed by atoms with van der Waals surface area (Å²) in [4.78, 5) is 22.6. The van der Waals surface area contributed by atoms with Crippen molar-refractivity contribution >= 4 is 34.4 Å². The molecule has 0 bridgehead atoms. The van der Waals surface area contributed by atoms with Crippen LogP contribution in [-0.4, -0.2) is 52.8 Å². The normalized spacial score (nSPS) is 15.7. The summed E-state index contributed by atoms with van der Waals surface area (Å²) >= 11 is 6.09. The molecular weight excluding hydrogens is 368 g/mol. The van der Waals surface area contributed by atoms with Crippen molar-refractivity contribution in [3.63, 3.8) is 0 Å². The molecule has 1 aromatic heterocycles. The summed E-state index contributed by atoms with van der Waals surface area (Å²) in [5.74, 6) is 1.41. The fourth-order valence-corrected chi connectivity index (χ4v) is 3.22. The molecule has 27 heavy (non-hydrogen) atoms. The summed E-state index contributed by atoms with van der Waals surface area (Å²) in [6.07, 6.45) is 1.35. The van der Waals surface area contributed by atoms with Gasteiger partial charge in [-0.2, -0.15) is 0 Å². The van der Waals surface area contributed by atoms with Crippen molar-refractivity contribution in [2.45, 2.75) is 45.3 Å². The van der Waals surface area contributed by atoms with Crippen molar-refractivity contribution in [1.29, 1.82) is 0 Å². The average Bonchev–Trinajstić information content (AvgIpc) is 2.60. The number of ether oxygens (including phenoxy) is 2. The lowest BCUT2D eigenvalue weighted by atomic mass is 10.1. The molecular formula is C19H25ClN4O3. The number of hydrogen-bond acceptors (Lipinski definition) is 6. The summed E-state index contributed by atoms with van der Waals surface area (Å²) in [7, 11) is 1.61. The van der Waals surface area contributed by atoms with E-state index in [1.54, 1.807) is 12.0 Å². The van der Waals surface area contributed by atoms with Crippen LogP contribution >= 0.6 is 11.6 Å². The maximum Gasteiger partial charge on any atom is 0.410 e. The Hall–Kier alpha value is -2.28. The number of amides is 1. The maximum atomic E-state index is 12.2. The largest absolute Gasteiger partial charge is 0.497 e. The highest BCUT2D eigenvalue weighted by Crippen LogP contribution is 2.27. The zero-order chi connectivity index (χ0) is 19.6. The Bertz CT molecular complexity index is 830.